The van der Waals surface area contributed by atoms with Crippen molar-refractivity contribution in [2.75, 3.05) is 39.5 Å². The lowest BCUT2D eigenvalue weighted by Gasteiger charge is -2.29. The molecule has 0 aromatic heterocycles. The molecule has 0 saturated carbocycles. The van der Waals surface area contributed by atoms with Gasteiger partial charge < -0.3 is 20.7 Å². The first kappa shape index (κ1) is 14.7. The summed E-state index contributed by atoms with van der Waals surface area (Å²) in [5.41, 5.74) is 6.82. The highest BCUT2D eigenvalue weighted by atomic mass is 16.5. The smallest absolute Gasteiger partial charge is 0.255 e. The van der Waals surface area contributed by atoms with Crippen LogP contribution in [0.25, 0.3) is 0 Å². The van der Waals surface area contributed by atoms with Gasteiger partial charge in [0.05, 0.1) is 12.7 Å². The molecule has 1 aromatic carbocycles. The molecule has 20 heavy (non-hydrogen) atoms. The van der Waals surface area contributed by atoms with Crippen LogP contribution in [0.15, 0.2) is 18.2 Å². The number of carbonyl (C=O) groups is 1. The fourth-order valence-corrected chi connectivity index (χ4v) is 2.49. The van der Waals surface area contributed by atoms with Crippen molar-refractivity contribution in [3.05, 3.63) is 23.8 Å². The molecule has 0 radical (unpaired) electrons. The number of anilines is 1. The van der Waals surface area contributed by atoms with E-state index in [0.29, 0.717) is 22.9 Å². The molecule has 1 aliphatic heterocycles. The molecule has 3 N–H and O–H groups in total. The highest BCUT2D eigenvalue weighted by Crippen LogP contribution is 2.21. The van der Waals surface area contributed by atoms with Gasteiger partial charge in [-0.3, -0.25) is 4.79 Å². The summed E-state index contributed by atoms with van der Waals surface area (Å²) in [6, 6.07) is 5.09. The van der Waals surface area contributed by atoms with Crippen LogP contribution in [-0.2, 0) is 0 Å². The summed E-state index contributed by atoms with van der Waals surface area (Å²) in [6.45, 7) is 2.93. The number of methoxy groups -OCH3 is 1. The molecule has 5 nitrogen and oxygen atoms in total. The fraction of sp³-hybridized carbons (Fsp3) is 0.533. The van der Waals surface area contributed by atoms with Crippen molar-refractivity contribution in [3.63, 3.8) is 0 Å². The summed E-state index contributed by atoms with van der Waals surface area (Å²) in [7, 11) is 3.68. The molecular formula is C15H23N3O2. The Kier molecular flexibility index (Phi) is 4.84. The Morgan fingerprint density at radius 2 is 2.15 bits per heavy atom. The van der Waals surface area contributed by atoms with Crippen LogP contribution in [0.4, 0.5) is 5.69 Å². The third-order valence-corrected chi connectivity index (χ3v) is 3.86. The van der Waals surface area contributed by atoms with E-state index < -0.39 is 0 Å². The summed E-state index contributed by atoms with van der Waals surface area (Å²) < 4.78 is 5.21. The maximum atomic E-state index is 12.2. The molecule has 0 bridgehead atoms. The number of nitrogens with one attached hydrogen (secondary N) is 1. The van der Waals surface area contributed by atoms with Gasteiger partial charge in [0, 0.05) is 18.3 Å². The van der Waals surface area contributed by atoms with Crippen LogP contribution in [0.5, 0.6) is 5.75 Å². The first-order valence-corrected chi connectivity index (χ1v) is 7.00. The zero-order valence-corrected chi connectivity index (χ0v) is 12.2. The largest absolute Gasteiger partial charge is 0.496 e. The molecule has 0 spiro atoms. The van der Waals surface area contributed by atoms with E-state index in [4.69, 9.17) is 10.5 Å². The van der Waals surface area contributed by atoms with Gasteiger partial charge in [-0.25, -0.2) is 0 Å². The van der Waals surface area contributed by atoms with Crippen molar-refractivity contribution in [1.82, 2.24) is 10.2 Å². The number of nitrogens with two attached hydrogens (primary N) is 1. The predicted molar refractivity (Wildman–Crippen MR) is 80.0 cm³/mol. The Hall–Kier alpha value is -1.75. The summed E-state index contributed by atoms with van der Waals surface area (Å²) in [5, 5.41) is 3.00. The number of hydrogen-bond acceptors (Lipinski definition) is 4. The Morgan fingerprint density at radius 1 is 1.45 bits per heavy atom. The molecule has 0 atom stereocenters. The molecule has 1 amide bonds. The lowest BCUT2D eigenvalue weighted by molar-refractivity contribution is 0.0936. The van der Waals surface area contributed by atoms with Gasteiger partial charge >= 0.3 is 0 Å². The molecule has 1 fully saturated rings. The van der Waals surface area contributed by atoms with Gasteiger partial charge in [-0.1, -0.05) is 0 Å². The molecule has 0 unspecified atom stereocenters. The fourth-order valence-electron chi connectivity index (χ4n) is 2.49. The van der Waals surface area contributed by atoms with Crippen molar-refractivity contribution in [3.8, 4) is 5.75 Å². The minimum absolute atomic E-state index is 0.0965. The van der Waals surface area contributed by atoms with Crippen LogP contribution in [0.3, 0.4) is 0 Å². The SMILES string of the molecule is COc1cc(N)ccc1C(=O)NCC1CCN(C)CC1. The van der Waals surface area contributed by atoms with Gasteiger partial charge in [0.15, 0.2) is 0 Å². The Balaban J connectivity index is 1.92. The third-order valence-electron chi connectivity index (χ3n) is 3.86. The van der Waals surface area contributed by atoms with Gasteiger partial charge in [0.1, 0.15) is 5.75 Å². The van der Waals surface area contributed by atoms with Crippen molar-refractivity contribution in [2.45, 2.75) is 12.8 Å². The average Bonchev–Trinajstić information content (AvgIpc) is 2.46. The number of rotatable bonds is 4. The molecule has 1 aliphatic rings. The second-order valence-electron chi connectivity index (χ2n) is 5.42. The zero-order valence-electron chi connectivity index (χ0n) is 12.2. The molecular weight excluding hydrogens is 254 g/mol. The maximum absolute atomic E-state index is 12.2. The summed E-state index contributed by atoms with van der Waals surface area (Å²) in [5.74, 6) is 0.988. The van der Waals surface area contributed by atoms with Gasteiger partial charge in [0.25, 0.3) is 5.91 Å². The first-order chi connectivity index (χ1) is 9.60. The lowest BCUT2D eigenvalue weighted by Crippen LogP contribution is -2.36. The number of amides is 1. The number of hydrogen-bond donors (Lipinski definition) is 2. The second-order valence-corrected chi connectivity index (χ2v) is 5.42. The van der Waals surface area contributed by atoms with Crippen molar-refractivity contribution in [1.29, 1.82) is 0 Å². The molecule has 0 aliphatic carbocycles. The van der Waals surface area contributed by atoms with Crippen LogP contribution < -0.4 is 15.8 Å². The topological polar surface area (TPSA) is 67.6 Å². The average molecular weight is 277 g/mol. The molecule has 1 saturated heterocycles. The van der Waals surface area contributed by atoms with E-state index in [1.807, 2.05) is 0 Å². The zero-order chi connectivity index (χ0) is 14.5. The van der Waals surface area contributed by atoms with E-state index in [0.717, 1.165) is 32.5 Å². The third kappa shape index (κ3) is 3.63. The number of nitrogens with zero attached hydrogens (tertiary/aromatic N) is 1. The van der Waals surface area contributed by atoms with Gasteiger partial charge in [0.2, 0.25) is 0 Å². The predicted octanol–water partition coefficient (Wildman–Crippen LogP) is 1.35. The van der Waals surface area contributed by atoms with Crippen LogP contribution in [-0.4, -0.2) is 44.6 Å². The van der Waals surface area contributed by atoms with Gasteiger partial charge in [-0.15, -0.1) is 0 Å². The highest BCUT2D eigenvalue weighted by Gasteiger charge is 2.18. The number of likely N-dealkylation sites (tertiary alicyclic amines) is 1. The molecule has 1 aromatic rings. The summed E-state index contributed by atoms with van der Waals surface area (Å²) in [4.78, 5) is 14.5. The van der Waals surface area contributed by atoms with Crippen molar-refractivity contribution < 1.29 is 9.53 Å². The number of nitrogen functional groups attached to an aromatic ring is 1. The first-order valence-electron chi connectivity index (χ1n) is 7.00. The molecule has 2 rings (SSSR count). The Labute approximate surface area is 120 Å². The van der Waals surface area contributed by atoms with Gasteiger partial charge in [-0.2, -0.15) is 0 Å². The van der Waals surface area contributed by atoms with E-state index in [2.05, 4.69) is 17.3 Å². The van der Waals surface area contributed by atoms with E-state index in [1.165, 1.54) is 0 Å². The number of benzene rings is 1. The summed E-state index contributed by atoms with van der Waals surface area (Å²) >= 11 is 0. The highest BCUT2D eigenvalue weighted by molar-refractivity contribution is 5.97. The van der Waals surface area contributed by atoms with Crippen molar-refractivity contribution in [2.24, 2.45) is 5.92 Å². The number of carbonyl (C=O) groups excluding carboxylic acids is 1. The van der Waals surface area contributed by atoms with Crippen LogP contribution in [0.1, 0.15) is 23.2 Å². The van der Waals surface area contributed by atoms with Crippen LogP contribution in [0.2, 0.25) is 0 Å². The number of ether oxygens (including phenoxy) is 1. The minimum atomic E-state index is -0.0965. The number of piperidine rings is 1. The van der Waals surface area contributed by atoms with E-state index in [-0.39, 0.29) is 5.91 Å². The Bertz CT molecular complexity index is 468. The lowest BCUT2D eigenvalue weighted by atomic mass is 9.97. The van der Waals surface area contributed by atoms with E-state index >= 15 is 0 Å². The summed E-state index contributed by atoms with van der Waals surface area (Å²) in [6.07, 6.45) is 2.27. The quantitative estimate of drug-likeness (QED) is 0.815. The molecule has 1 heterocycles. The van der Waals surface area contributed by atoms with E-state index in [1.54, 1.807) is 25.3 Å². The Morgan fingerprint density at radius 3 is 2.80 bits per heavy atom. The van der Waals surface area contributed by atoms with Crippen LogP contribution >= 0.6 is 0 Å². The van der Waals surface area contributed by atoms with Gasteiger partial charge in [-0.05, 0) is 51.0 Å². The maximum Gasteiger partial charge on any atom is 0.255 e. The van der Waals surface area contributed by atoms with E-state index in [9.17, 15) is 4.79 Å². The molecule has 110 valence electrons. The monoisotopic (exact) mass is 277 g/mol. The second kappa shape index (κ2) is 6.61. The standard InChI is InChI=1S/C15H23N3O2/c1-18-7-5-11(6-8-18)10-17-15(19)13-4-3-12(16)9-14(13)20-2/h3-4,9,11H,5-8,10,16H2,1-2H3,(H,17,19). The molecule has 5 heteroatoms. The normalized spacial score (nSPS) is 16.9. The minimum Gasteiger partial charge on any atom is -0.496 e. The van der Waals surface area contributed by atoms with Crippen LogP contribution in [0, 0.1) is 5.92 Å². The van der Waals surface area contributed by atoms with Crippen molar-refractivity contribution >= 4 is 11.6 Å².